The summed E-state index contributed by atoms with van der Waals surface area (Å²) in [5, 5.41) is 25.8. The summed E-state index contributed by atoms with van der Waals surface area (Å²) in [7, 11) is 7.41. The summed E-state index contributed by atoms with van der Waals surface area (Å²) in [6.45, 7) is 26.4. The van der Waals surface area contributed by atoms with Gasteiger partial charge in [0.15, 0.2) is 11.6 Å². The number of rotatable bonds is 1. The fourth-order valence-corrected chi connectivity index (χ4v) is 8.83. The maximum absolute atomic E-state index is 12.6. The van der Waals surface area contributed by atoms with Gasteiger partial charge in [0.25, 0.3) is 5.91 Å². The number of nitrogens with two attached hydrogens (primary N) is 1. The van der Waals surface area contributed by atoms with Gasteiger partial charge in [0.2, 0.25) is 11.4 Å². The summed E-state index contributed by atoms with van der Waals surface area (Å²) < 4.78 is 14.6. The Morgan fingerprint density at radius 1 is 0.940 bits per heavy atom. The Morgan fingerprint density at radius 2 is 1.32 bits per heavy atom. The van der Waals surface area contributed by atoms with E-state index in [1.54, 1.807) is 36.4 Å². The van der Waals surface area contributed by atoms with Crippen molar-refractivity contribution >= 4 is 17.5 Å². The van der Waals surface area contributed by atoms with Crippen LogP contribution in [0, 0.1) is 47.1 Å². The standard InChI is InChI=1S/C17H20N4O2.C17H18N4O.CH5NO.2CH4/c1-16(2)11-7-6-9-12(15(18)23)21(5)20-13(9)17(11,3)8-10(19-4)14(16)22;1-16(2)13-7-6-10-12(9-18)21(5)20-14(10)17(13,3)8-11(19-4)15(16)22;1-2-3;;/h8,11H,6-7H2,1-3,5H3,(H2,18,23);8,13H,6-7H2,1-3,5H3;2-3H,1H3;2*1H4/t11-,17-;13-,17-;;;/m00.../s1/i;;;2*1T. The van der Waals surface area contributed by atoms with Gasteiger partial charge in [-0.25, -0.2) is 15.2 Å². The fourth-order valence-electron chi connectivity index (χ4n) is 8.83. The molecule has 4 aliphatic rings. The van der Waals surface area contributed by atoms with Crippen LogP contribution in [-0.4, -0.2) is 49.3 Å². The molecule has 4 aliphatic carbocycles. The number of primary amides is 1. The fraction of sp³-hybridized carbons (Fsp3) is 0.568. The van der Waals surface area contributed by atoms with Gasteiger partial charge in [-0.15, -0.1) is 0 Å². The highest BCUT2D eigenvalue weighted by molar-refractivity contribution is 6.03. The number of nitriles is 1. The molecular formula is C37H51N9O4. The van der Waals surface area contributed by atoms with E-state index in [1.807, 2.05) is 41.5 Å². The normalized spacial score (nSPS) is 26.4. The molecule has 6 rings (SSSR count). The van der Waals surface area contributed by atoms with Crippen LogP contribution >= 0.6 is 0 Å². The lowest BCUT2D eigenvalue weighted by Gasteiger charge is -2.49. The largest absolute Gasteiger partial charge is 0.364 e. The molecule has 0 bridgehead atoms. The van der Waals surface area contributed by atoms with Crippen LogP contribution in [0.3, 0.4) is 0 Å². The van der Waals surface area contributed by atoms with Crippen LogP contribution in [0.5, 0.6) is 0 Å². The number of allylic oxidation sites excluding steroid dienone is 4. The SMILES string of the molecule is CNO.[3H]C.[3H]C.[C-]#[N+]C1=C[C@]2(C)c3nn(C)c(C#N)c3CC[C@H]2C(C)(C)C1=O.[C-]#[N+]C1=C[C@]2(C)c3nn(C)c(C(N)=O)c3CC[C@H]2C(C)(C)C1=O. The minimum Gasteiger partial charge on any atom is -0.364 e. The summed E-state index contributed by atoms with van der Waals surface area (Å²) >= 11 is 0. The molecule has 268 valence electrons. The molecule has 50 heavy (non-hydrogen) atoms. The van der Waals surface area contributed by atoms with Crippen molar-refractivity contribution in [2.45, 2.75) is 92.9 Å². The van der Waals surface area contributed by atoms with Crippen molar-refractivity contribution in [2.24, 2.45) is 42.5 Å². The highest BCUT2D eigenvalue weighted by atomic mass is 16.5. The molecule has 2 heterocycles. The van der Waals surface area contributed by atoms with Crippen LogP contribution in [0.1, 0.15) is 111 Å². The zero-order chi connectivity index (χ0) is 40.1. The van der Waals surface area contributed by atoms with Crippen LogP contribution in [0.4, 0.5) is 0 Å². The lowest BCUT2D eigenvalue weighted by molar-refractivity contribution is -0.129. The molecule has 2 aromatic heterocycles. The van der Waals surface area contributed by atoms with Gasteiger partial charge in [-0.05, 0) is 37.5 Å². The van der Waals surface area contributed by atoms with Gasteiger partial charge in [-0.3, -0.25) is 14.2 Å². The van der Waals surface area contributed by atoms with Gasteiger partial charge in [0.1, 0.15) is 17.5 Å². The Kier molecular flexibility index (Phi) is 10.7. The lowest BCUT2D eigenvalue weighted by Crippen LogP contribution is -2.51. The summed E-state index contributed by atoms with van der Waals surface area (Å²) in [5.74, 6) is -0.554. The minimum absolute atomic E-state index is 0.0381. The van der Waals surface area contributed by atoms with Crippen LogP contribution in [0.2, 0.25) is 0 Å². The van der Waals surface area contributed by atoms with E-state index in [2.05, 4.69) is 26.0 Å². The number of nitrogens with zero attached hydrogens (tertiary/aromatic N) is 7. The average Bonchev–Trinajstić information content (AvgIpc) is 3.63. The zero-order valence-electron chi connectivity index (χ0n) is 33.0. The summed E-state index contributed by atoms with van der Waals surface area (Å²) in [5.41, 5.74) is 9.81. The highest BCUT2D eigenvalue weighted by Crippen LogP contribution is 2.56. The third-order valence-electron chi connectivity index (χ3n) is 11.0. The van der Waals surface area contributed by atoms with Crippen molar-refractivity contribution in [3.63, 3.8) is 0 Å². The molecular weight excluding hydrogens is 634 g/mol. The number of carbonyl (C=O) groups is 3. The van der Waals surface area contributed by atoms with Gasteiger partial charge in [-0.2, -0.15) is 15.5 Å². The molecule has 4 N–H and O–H groups in total. The monoisotopic (exact) mass is 689 g/mol. The Balaban J connectivity index is 0.000000308. The number of hydrogen-bond donors (Lipinski definition) is 3. The lowest BCUT2D eigenvalue weighted by atomic mass is 9.53. The van der Waals surface area contributed by atoms with Crippen LogP contribution in [0.25, 0.3) is 9.69 Å². The van der Waals surface area contributed by atoms with Crippen molar-refractivity contribution in [1.29, 1.82) is 5.26 Å². The second-order valence-corrected chi connectivity index (χ2v) is 14.4. The first-order chi connectivity index (χ1) is 24.3. The third-order valence-corrected chi connectivity index (χ3v) is 11.0. The number of Topliss-reactive ketones (excluding diaryl/α,β-unsaturated/α-hetero) is 2. The molecule has 0 saturated heterocycles. The van der Waals surface area contributed by atoms with Gasteiger partial charge in [-0.1, -0.05) is 68.5 Å². The number of ketones is 2. The van der Waals surface area contributed by atoms with Crippen LogP contribution in [-0.2, 0) is 47.4 Å². The molecule has 0 saturated carbocycles. The van der Waals surface area contributed by atoms with Gasteiger partial charge < -0.3 is 20.5 Å². The number of aromatic nitrogens is 4. The number of aryl methyl sites for hydroxylation is 2. The predicted octanol–water partition coefficient (Wildman–Crippen LogP) is 5.14. The minimum atomic E-state index is -0.633. The Hall–Kier alpha value is -4.90. The van der Waals surface area contributed by atoms with E-state index in [9.17, 15) is 19.6 Å². The van der Waals surface area contributed by atoms with Crippen LogP contribution in [0.15, 0.2) is 23.5 Å². The van der Waals surface area contributed by atoms with Gasteiger partial charge >= 0.3 is 0 Å². The first kappa shape index (κ1) is 37.9. The van der Waals surface area contributed by atoms with E-state index >= 15 is 0 Å². The average molecular weight is 690 g/mol. The van der Waals surface area contributed by atoms with Crippen molar-refractivity contribution in [2.75, 3.05) is 7.05 Å². The molecule has 2 aromatic rings. The quantitative estimate of drug-likeness (QED) is 0.272. The summed E-state index contributed by atoms with van der Waals surface area (Å²) in [6, 6.07) is 2.22. The van der Waals surface area contributed by atoms with E-state index in [-0.39, 0.29) is 34.8 Å². The van der Waals surface area contributed by atoms with E-state index in [0.29, 0.717) is 17.8 Å². The molecule has 0 fully saturated rings. The molecule has 0 spiro atoms. The second-order valence-electron chi connectivity index (χ2n) is 14.4. The topological polar surface area (TPSA) is 178 Å². The molecule has 0 unspecified atom stereocenters. The molecule has 13 heteroatoms. The van der Waals surface area contributed by atoms with Gasteiger partial charge in [0.05, 0.1) is 24.5 Å². The Morgan fingerprint density at radius 3 is 1.70 bits per heavy atom. The number of hydrogen-bond acceptors (Lipinski definition) is 8. The number of carbonyl (C=O) groups excluding carboxylic acids is 3. The van der Waals surface area contributed by atoms with E-state index in [0.717, 1.165) is 41.8 Å². The Bertz CT molecular complexity index is 1920. The maximum atomic E-state index is 12.6. The van der Waals surface area contributed by atoms with Crippen molar-refractivity contribution in [3.8, 4) is 6.07 Å². The van der Waals surface area contributed by atoms with E-state index in [4.69, 9.17) is 26.8 Å². The van der Waals surface area contributed by atoms with E-state index in [1.165, 1.54) is 26.5 Å². The number of nitrogens with one attached hydrogen (secondary N) is 1. The summed E-state index contributed by atoms with van der Waals surface area (Å²) in [6.07, 6.45) is 6.53. The molecule has 1 amide bonds. The predicted molar refractivity (Wildman–Crippen MR) is 189 cm³/mol. The number of amides is 1. The van der Waals surface area contributed by atoms with Crippen molar-refractivity contribution in [1.82, 2.24) is 25.0 Å². The smallest absolute Gasteiger partial charge is 0.267 e. The molecule has 0 aromatic carbocycles. The second kappa shape index (κ2) is 14.1. The first-order valence-corrected chi connectivity index (χ1v) is 15.8. The zero-order valence-corrected chi connectivity index (χ0v) is 31.0. The van der Waals surface area contributed by atoms with Crippen molar-refractivity contribution < 1.29 is 22.3 Å². The molecule has 4 atom stereocenters. The number of hydroxylamine groups is 1. The summed E-state index contributed by atoms with van der Waals surface area (Å²) in [4.78, 5) is 43.8. The molecule has 13 nitrogen and oxygen atoms in total. The Labute approximate surface area is 298 Å². The van der Waals surface area contributed by atoms with Crippen LogP contribution < -0.4 is 11.2 Å². The first-order valence-electron chi connectivity index (χ1n) is 17.8. The maximum Gasteiger partial charge on any atom is 0.267 e. The third kappa shape index (κ3) is 5.97. The van der Waals surface area contributed by atoms with Gasteiger partial charge in [0, 0.05) is 56.7 Å². The molecule has 0 radical (unpaired) electrons. The molecule has 0 aliphatic heterocycles. The van der Waals surface area contributed by atoms with Crippen molar-refractivity contribution in [3.05, 3.63) is 80.3 Å². The number of fused-ring (bicyclic) bond motifs is 6. The van der Waals surface area contributed by atoms with E-state index < -0.39 is 27.6 Å². The highest BCUT2D eigenvalue weighted by Gasteiger charge is 2.56.